The summed E-state index contributed by atoms with van der Waals surface area (Å²) in [7, 11) is -5.36. The van der Waals surface area contributed by atoms with Crippen molar-refractivity contribution in [1.82, 2.24) is 5.32 Å². The number of allylic oxidation sites excluding steroid dienone is 1. The number of Topliss-reactive ketones (excluding diaryl/α,β-unsaturated/α-hetero) is 1. The second-order valence-corrected chi connectivity index (χ2v) is 31.1. The van der Waals surface area contributed by atoms with Gasteiger partial charge in [0.1, 0.15) is 23.9 Å². The van der Waals surface area contributed by atoms with Crippen molar-refractivity contribution in [3.63, 3.8) is 0 Å². The topological polar surface area (TPSA) is 199 Å². The van der Waals surface area contributed by atoms with Crippen LogP contribution >= 0.6 is 0 Å². The van der Waals surface area contributed by atoms with Crippen LogP contribution in [0.3, 0.4) is 0 Å². The molecule has 0 spiro atoms. The van der Waals surface area contributed by atoms with Gasteiger partial charge in [0.15, 0.2) is 40.2 Å². The number of aliphatic hydroxyl groups is 1. The van der Waals surface area contributed by atoms with E-state index < -0.39 is 129 Å². The van der Waals surface area contributed by atoms with E-state index in [-0.39, 0.29) is 24.2 Å². The van der Waals surface area contributed by atoms with E-state index in [0.29, 0.717) is 53.0 Å². The largest absolute Gasteiger partial charge is 0.456 e. The number of ketones is 1. The molecule has 2 N–H and O–H groups in total. The summed E-state index contributed by atoms with van der Waals surface area (Å²) in [6, 6.07) is 20.3. The van der Waals surface area contributed by atoms with Gasteiger partial charge in [0.2, 0.25) is 5.91 Å². The molecule has 1 saturated heterocycles. The zero-order valence-electron chi connectivity index (χ0n) is 46.1. The number of hydrogen-bond donors (Lipinski definition) is 2. The summed E-state index contributed by atoms with van der Waals surface area (Å²) in [5.41, 5.74) is -5.81. The molecule has 406 valence electrons. The molecule has 1 aliphatic heterocycles. The summed E-state index contributed by atoms with van der Waals surface area (Å²) in [6.07, 6.45) is -6.71. The number of carbonyl (C=O) groups excluding carboxylic acids is 6. The molecule has 2 saturated carbocycles. The lowest BCUT2D eigenvalue weighted by atomic mass is 9.44. The predicted molar refractivity (Wildman–Crippen MR) is 283 cm³/mol. The van der Waals surface area contributed by atoms with E-state index in [2.05, 4.69) is 26.1 Å². The Balaban J connectivity index is 1.67. The fourth-order valence-electron chi connectivity index (χ4n) is 12.6. The second kappa shape index (κ2) is 22.8. The summed E-state index contributed by atoms with van der Waals surface area (Å²) >= 11 is 0. The number of rotatable bonds is 20. The van der Waals surface area contributed by atoms with E-state index in [0.717, 1.165) is 0 Å². The van der Waals surface area contributed by atoms with E-state index >= 15 is 9.59 Å². The number of ether oxygens (including phenoxy) is 5. The van der Waals surface area contributed by atoms with Crippen molar-refractivity contribution in [3.8, 4) is 0 Å². The van der Waals surface area contributed by atoms with Gasteiger partial charge in [-0.1, -0.05) is 110 Å². The maximum absolute atomic E-state index is 16.6. The molecule has 0 aromatic heterocycles. The van der Waals surface area contributed by atoms with Crippen LogP contribution in [0.15, 0.2) is 83.5 Å². The minimum atomic E-state index is -2.72. The van der Waals surface area contributed by atoms with Crippen molar-refractivity contribution in [2.75, 3.05) is 6.61 Å². The SMILES string of the molecule is C/C=C(\C)C(=O)N[C@@H](c1ccccc1)[C@@H](O[Si](CC)(CC)CC)C(=O)O[C@H]1C[C@@]2(O)[C@@H](OC(=O)c3ccccc3)[C@@H]3[C@]4(OC(C)=O)CO[C@@H]4C[C@H](O[Si](CC)(CC)CC)[C@@]3(C)C(=O)C(OC(C)=O)C(=C1C)C2(C)C. The highest BCUT2D eigenvalue weighted by Gasteiger charge is 2.79. The number of hydrogen-bond acceptors (Lipinski definition) is 14. The van der Waals surface area contributed by atoms with E-state index in [1.807, 2.05) is 26.8 Å². The molecule has 2 aromatic rings. The first kappa shape index (κ1) is 58.5. The Morgan fingerprint density at radius 3 is 1.88 bits per heavy atom. The molecule has 3 aliphatic carbocycles. The molecule has 0 radical (unpaired) electrons. The lowest BCUT2D eigenvalue weighted by molar-refractivity contribution is -0.344. The molecule has 1 unspecified atom stereocenters. The average molecular weight is 1060 g/mol. The van der Waals surface area contributed by atoms with E-state index in [1.165, 1.54) is 13.8 Å². The summed E-state index contributed by atoms with van der Waals surface area (Å²) < 4.78 is 47.0. The summed E-state index contributed by atoms with van der Waals surface area (Å²) in [5.74, 6) is -5.64. The lowest BCUT2D eigenvalue weighted by Crippen LogP contribution is -2.82. The lowest BCUT2D eigenvalue weighted by Gasteiger charge is -2.68. The Morgan fingerprint density at radius 1 is 0.811 bits per heavy atom. The molecule has 3 fully saturated rings. The summed E-state index contributed by atoms with van der Waals surface area (Å²) in [4.78, 5) is 88.1. The molecule has 1 amide bonds. The Bertz CT molecular complexity index is 2450. The molecule has 2 aromatic carbocycles. The maximum atomic E-state index is 16.6. The highest BCUT2D eigenvalue weighted by Crippen LogP contribution is 2.65. The fraction of sp³-hybridized carbons (Fsp3) is 0.614. The zero-order chi connectivity index (χ0) is 54.8. The van der Waals surface area contributed by atoms with Gasteiger partial charge in [-0.3, -0.25) is 19.2 Å². The van der Waals surface area contributed by atoms with Crippen LogP contribution in [0.5, 0.6) is 0 Å². The normalized spacial score (nSPS) is 29.4. The van der Waals surface area contributed by atoms with Crippen molar-refractivity contribution < 1.29 is 66.4 Å². The zero-order valence-corrected chi connectivity index (χ0v) is 48.1. The van der Waals surface area contributed by atoms with E-state index in [1.54, 1.807) is 102 Å². The van der Waals surface area contributed by atoms with Crippen molar-refractivity contribution in [2.24, 2.45) is 16.7 Å². The fourth-order valence-corrected chi connectivity index (χ4v) is 18.3. The molecular formula is C57H81NO14Si2. The highest BCUT2D eigenvalue weighted by atomic mass is 28.4. The van der Waals surface area contributed by atoms with Crippen molar-refractivity contribution in [1.29, 1.82) is 0 Å². The first-order chi connectivity index (χ1) is 34.9. The van der Waals surface area contributed by atoms with Gasteiger partial charge in [0.25, 0.3) is 0 Å². The standard InChI is InChI=1S/C57H81NO14Si2/c1-15-35(8)51(62)58-45(39-28-24-22-25-29-39)47(72-74(19-5,20-6)21-7)53(64)68-41-33-57(65)50(69-52(63)40-30-26-23-27-31-40)48-55(14,49(61)46(67-37(10)59)44(36(41)9)54(57,12)13)42(71-73(16-2,17-3)18-4)32-43-56(48,34-66-43)70-38(11)60/h15,22-31,41-43,45-48,50,65H,16-21,32-34H2,1-14H3,(H,58,62)/b35-15+/t41-,42-,43+,45-,46?,47+,48-,50-,55+,56-,57+/m0/s1. The van der Waals surface area contributed by atoms with Crippen LogP contribution < -0.4 is 5.32 Å². The Hall–Kier alpha value is -4.79. The third-order valence-electron chi connectivity index (χ3n) is 17.8. The Kier molecular flexibility index (Phi) is 18.0. The van der Waals surface area contributed by atoms with Gasteiger partial charge in [0.05, 0.1) is 35.6 Å². The molecule has 11 atom stereocenters. The first-order valence-corrected chi connectivity index (χ1v) is 31.7. The second-order valence-electron chi connectivity index (χ2n) is 21.6. The van der Waals surface area contributed by atoms with Crippen LogP contribution in [0.4, 0.5) is 0 Å². The van der Waals surface area contributed by atoms with Crippen LogP contribution in [-0.2, 0) is 56.5 Å². The monoisotopic (exact) mass is 1060 g/mol. The van der Waals surface area contributed by atoms with Crippen LogP contribution in [0.2, 0.25) is 36.3 Å². The molecular weight excluding hydrogens is 979 g/mol. The van der Waals surface area contributed by atoms with E-state index in [4.69, 9.17) is 32.5 Å². The van der Waals surface area contributed by atoms with E-state index in [9.17, 15) is 24.3 Å². The summed E-state index contributed by atoms with van der Waals surface area (Å²) in [5, 5.41) is 17.5. The Labute approximate surface area is 440 Å². The predicted octanol–water partition coefficient (Wildman–Crippen LogP) is 9.45. The molecule has 4 aliphatic rings. The number of fused-ring (bicyclic) bond motifs is 5. The average Bonchev–Trinajstić information content (AvgIpc) is 3.38. The third-order valence-corrected chi connectivity index (χ3v) is 27.1. The van der Waals surface area contributed by atoms with Crippen LogP contribution in [-0.4, -0.2) is 112 Å². The number of esters is 4. The number of nitrogens with one attached hydrogen (secondary N) is 1. The van der Waals surface area contributed by atoms with Gasteiger partial charge in [-0.2, -0.15) is 0 Å². The summed E-state index contributed by atoms with van der Waals surface area (Å²) in [6.45, 7) is 24.6. The molecule has 2 bridgehead atoms. The van der Waals surface area contributed by atoms with Crippen LogP contribution in [0.1, 0.15) is 132 Å². The first-order valence-electron chi connectivity index (χ1n) is 26.7. The van der Waals surface area contributed by atoms with Crippen LogP contribution in [0.25, 0.3) is 0 Å². The van der Waals surface area contributed by atoms with Crippen LogP contribution in [0, 0.1) is 16.7 Å². The van der Waals surface area contributed by atoms with Gasteiger partial charge < -0.3 is 43.0 Å². The van der Waals surface area contributed by atoms with Gasteiger partial charge in [-0.05, 0) is 92.8 Å². The highest BCUT2D eigenvalue weighted by molar-refractivity contribution is 6.74. The van der Waals surface area contributed by atoms with Crippen molar-refractivity contribution in [3.05, 3.63) is 94.6 Å². The van der Waals surface area contributed by atoms with Gasteiger partial charge >= 0.3 is 23.9 Å². The molecule has 15 nitrogen and oxygen atoms in total. The van der Waals surface area contributed by atoms with Crippen molar-refractivity contribution in [2.45, 2.75) is 200 Å². The van der Waals surface area contributed by atoms with Gasteiger partial charge in [-0.25, -0.2) is 9.59 Å². The third kappa shape index (κ3) is 10.4. The number of amides is 1. The smallest absolute Gasteiger partial charge is 0.338 e. The van der Waals surface area contributed by atoms with Gasteiger partial charge in [0, 0.05) is 37.7 Å². The minimum absolute atomic E-state index is 0.0964. The molecule has 1 heterocycles. The molecule has 74 heavy (non-hydrogen) atoms. The maximum Gasteiger partial charge on any atom is 0.338 e. The molecule has 17 heteroatoms. The quantitative estimate of drug-likeness (QED) is 0.0418. The minimum Gasteiger partial charge on any atom is -0.456 e. The van der Waals surface area contributed by atoms with Gasteiger partial charge in [-0.15, -0.1) is 0 Å². The Morgan fingerprint density at radius 2 is 1.38 bits per heavy atom. The number of carbonyl (C=O) groups is 6. The molecule has 6 rings (SSSR count). The van der Waals surface area contributed by atoms with Crippen molar-refractivity contribution >= 4 is 52.2 Å². The number of benzene rings is 2.